The number of hydrogen-bond acceptors (Lipinski definition) is 5. The van der Waals surface area contributed by atoms with Crippen molar-refractivity contribution in [1.82, 2.24) is 0 Å². The van der Waals surface area contributed by atoms with Crippen molar-refractivity contribution in [3.8, 4) is 0 Å². The van der Waals surface area contributed by atoms with Crippen LogP contribution in [0.5, 0.6) is 0 Å². The molecule has 4 bridgehead atoms. The minimum atomic E-state index is -0.697. The number of carbonyl (C=O) groups excluding carboxylic acids is 2. The zero-order valence-corrected chi connectivity index (χ0v) is 16.1. The fourth-order valence-electron chi connectivity index (χ4n) is 7.04. The number of ether oxygens (including phenoxy) is 2. The van der Waals surface area contributed by atoms with E-state index in [2.05, 4.69) is 20.4 Å². The van der Waals surface area contributed by atoms with Gasteiger partial charge in [-0.15, -0.1) is 0 Å². The minimum Gasteiger partial charge on any atom is -0.459 e. The van der Waals surface area contributed by atoms with Gasteiger partial charge in [-0.3, -0.25) is 4.79 Å². The van der Waals surface area contributed by atoms with Crippen LogP contribution in [-0.2, 0) is 19.1 Å². The van der Waals surface area contributed by atoms with Crippen LogP contribution in [0, 0.1) is 16.7 Å². The predicted octanol–water partition coefficient (Wildman–Crippen LogP) is 3.29. The Morgan fingerprint density at radius 2 is 1.58 bits per heavy atom. The van der Waals surface area contributed by atoms with Crippen molar-refractivity contribution in [2.24, 2.45) is 16.7 Å². The zero-order valence-electron chi connectivity index (χ0n) is 16.1. The molecular formula is C21H30O5. The van der Waals surface area contributed by atoms with Crippen LogP contribution in [0.2, 0.25) is 0 Å². The van der Waals surface area contributed by atoms with Crippen LogP contribution >= 0.6 is 0 Å². The highest BCUT2D eigenvalue weighted by Crippen LogP contribution is 2.68. The highest BCUT2D eigenvalue weighted by molar-refractivity contribution is 5.87. The third-order valence-electron chi connectivity index (χ3n) is 6.88. The van der Waals surface area contributed by atoms with Gasteiger partial charge >= 0.3 is 11.9 Å². The summed E-state index contributed by atoms with van der Waals surface area (Å²) < 4.78 is 11.4. The zero-order chi connectivity index (χ0) is 19.0. The van der Waals surface area contributed by atoms with Gasteiger partial charge in [-0.1, -0.05) is 20.4 Å². The van der Waals surface area contributed by atoms with Crippen LogP contribution in [0.4, 0.5) is 0 Å². The lowest BCUT2D eigenvalue weighted by Gasteiger charge is -2.67. The quantitative estimate of drug-likeness (QED) is 0.614. The van der Waals surface area contributed by atoms with E-state index in [1.165, 1.54) is 0 Å². The van der Waals surface area contributed by atoms with E-state index in [-0.39, 0.29) is 28.8 Å². The van der Waals surface area contributed by atoms with E-state index in [0.717, 1.165) is 32.1 Å². The smallest absolute Gasteiger partial charge is 0.333 e. The monoisotopic (exact) mass is 362 g/mol. The number of esters is 2. The van der Waals surface area contributed by atoms with Gasteiger partial charge in [-0.25, -0.2) is 4.79 Å². The molecule has 5 heteroatoms. The summed E-state index contributed by atoms with van der Waals surface area (Å²) in [6.07, 6.45) is 5.83. The van der Waals surface area contributed by atoms with Crippen LogP contribution < -0.4 is 0 Å². The van der Waals surface area contributed by atoms with Gasteiger partial charge in [0.05, 0.1) is 11.5 Å². The van der Waals surface area contributed by atoms with E-state index in [9.17, 15) is 14.7 Å². The Balaban J connectivity index is 1.40. The maximum atomic E-state index is 12.7. The van der Waals surface area contributed by atoms with Gasteiger partial charge in [-0.05, 0) is 62.7 Å². The summed E-state index contributed by atoms with van der Waals surface area (Å²) in [5, 5.41) is 11.1. The average molecular weight is 362 g/mol. The summed E-state index contributed by atoms with van der Waals surface area (Å²) in [5.41, 5.74) is -0.740. The third kappa shape index (κ3) is 2.98. The highest BCUT2D eigenvalue weighted by atomic mass is 16.6. The molecule has 0 aromatic carbocycles. The molecule has 5 aliphatic carbocycles. The Bertz CT molecular complexity index is 620. The van der Waals surface area contributed by atoms with Crippen molar-refractivity contribution >= 4 is 11.9 Å². The Hall–Kier alpha value is -1.36. The van der Waals surface area contributed by atoms with E-state index in [1.807, 2.05) is 0 Å². The van der Waals surface area contributed by atoms with Crippen molar-refractivity contribution in [2.75, 3.05) is 0 Å². The number of hydrogen-bond donors (Lipinski definition) is 1. The largest absolute Gasteiger partial charge is 0.459 e. The molecule has 5 saturated carbocycles. The molecule has 5 rings (SSSR count). The van der Waals surface area contributed by atoms with Crippen molar-refractivity contribution in [2.45, 2.75) is 89.4 Å². The molecule has 5 nitrogen and oxygen atoms in total. The summed E-state index contributed by atoms with van der Waals surface area (Å²) in [4.78, 5) is 24.3. The first kappa shape index (κ1) is 18.0. The van der Waals surface area contributed by atoms with Crippen LogP contribution in [0.15, 0.2) is 12.2 Å². The van der Waals surface area contributed by atoms with E-state index >= 15 is 0 Å². The Morgan fingerprint density at radius 3 is 2.08 bits per heavy atom. The summed E-state index contributed by atoms with van der Waals surface area (Å²) in [5.74, 6) is -0.794. The van der Waals surface area contributed by atoms with Gasteiger partial charge in [0.2, 0.25) is 0 Å². The SMILES string of the molecule is C=C(C)C(=O)OC1CC(C(=O)OC23CC4(C)CC(C)(CC(O)(C4)C2)C3)C1. The Kier molecular flexibility index (Phi) is 3.70. The van der Waals surface area contributed by atoms with E-state index < -0.39 is 17.2 Å². The second-order valence-corrected chi connectivity index (χ2v) is 10.5. The lowest BCUT2D eigenvalue weighted by Crippen LogP contribution is -2.66. The van der Waals surface area contributed by atoms with Crippen LogP contribution in [-0.4, -0.2) is 34.4 Å². The number of rotatable bonds is 4. The molecule has 5 aliphatic rings. The van der Waals surface area contributed by atoms with Crippen LogP contribution in [0.1, 0.15) is 72.1 Å². The molecule has 0 amide bonds. The fraction of sp³-hybridized carbons (Fsp3) is 0.810. The lowest BCUT2D eigenvalue weighted by atomic mass is 9.42. The number of carbonyl (C=O) groups is 2. The molecule has 144 valence electrons. The van der Waals surface area contributed by atoms with Crippen LogP contribution in [0.25, 0.3) is 0 Å². The first-order valence-corrected chi connectivity index (χ1v) is 9.75. The third-order valence-corrected chi connectivity index (χ3v) is 6.88. The molecule has 0 radical (unpaired) electrons. The maximum Gasteiger partial charge on any atom is 0.333 e. The topological polar surface area (TPSA) is 72.8 Å². The molecule has 0 saturated heterocycles. The Labute approximate surface area is 155 Å². The molecule has 0 aromatic heterocycles. The molecule has 0 heterocycles. The molecule has 0 spiro atoms. The molecule has 0 aliphatic heterocycles. The normalized spacial score (nSPS) is 48.6. The minimum absolute atomic E-state index is 0.0533. The van der Waals surface area contributed by atoms with Gasteiger partial charge in [0.1, 0.15) is 11.7 Å². The van der Waals surface area contributed by atoms with E-state index in [4.69, 9.17) is 9.47 Å². The number of aliphatic hydroxyl groups is 1. The van der Waals surface area contributed by atoms with E-state index in [1.54, 1.807) is 6.92 Å². The highest BCUT2D eigenvalue weighted by Gasteiger charge is 2.67. The van der Waals surface area contributed by atoms with Gasteiger partial charge in [0, 0.05) is 12.0 Å². The standard InChI is InChI=1S/C21H30O5/c1-13(2)16(22)25-15-5-14(6-15)17(23)26-21-10-18(3)7-19(4,11-21)9-20(24,8-18)12-21/h14-15,24H,1,5-12H2,2-4H3. The molecule has 26 heavy (non-hydrogen) atoms. The molecule has 2 atom stereocenters. The summed E-state index contributed by atoms with van der Waals surface area (Å²) in [6, 6.07) is 0. The first-order chi connectivity index (χ1) is 11.9. The van der Waals surface area contributed by atoms with Crippen LogP contribution in [0.3, 0.4) is 0 Å². The van der Waals surface area contributed by atoms with E-state index in [0.29, 0.717) is 24.8 Å². The summed E-state index contributed by atoms with van der Waals surface area (Å²) in [6.45, 7) is 9.65. The van der Waals surface area contributed by atoms with Gasteiger partial charge in [0.25, 0.3) is 0 Å². The van der Waals surface area contributed by atoms with Crippen molar-refractivity contribution in [1.29, 1.82) is 0 Å². The molecule has 1 N–H and O–H groups in total. The Morgan fingerprint density at radius 1 is 1.00 bits per heavy atom. The molecular weight excluding hydrogens is 332 g/mol. The second-order valence-electron chi connectivity index (χ2n) is 10.5. The summed E-state index contributed by atoms with van der Waals surface area (Å²) >= 11 is 0. The van der Waals surface area contributed by atoms with Gasteiger partial charge < -0.3 is 14.6 Å². The van der Waals surface area contributed by atoms with Gasteiger partial charge in [-0.2, -0.15) is 0 Å². The second kappa shape index (κ2) is 5.34. The lowest BCUT2D eigenvalue weighted by molar-refractivity contribution is -0.263. The van der Waals surface area contributed by atoms with Crippen molar-refractivity contribution in [3.05, 3.63) is 12.2 Å². The van der Waals surface area contributed by atoms with Gasteiger partial charge in [0.15, 0.2) is 0 Å². The van der Waals surface area contributed by atoms with Crippen molar-refractivity contribution < 1.29 is 24.2 Å². The maximum absolute atomic E-state index is 12.7. The molecule has 2 unspecified atom stereocenters. The summed E-state index contributed by atoms with van der Waals surface area (Å²) in [7, 11) is 0. The predicted molar refractivity (Wildman–Crippen MR) is 95.1 cm³/mol. The van der Waals surface area contributed by atoms with Crippen molar-refractivity contribution in [3.63, 3.8) is 0 Å². The first-order valence-electron chi connectivity index (χ1n) is 9.75. The molecule has 0 aromatic rings. The molecule has 5 fully saturated rings. The fourth-order valence-corrected chi connectivity index (χ4v) is 7.04. The average Bonchev–Trinajstić information content (AvgIpc) is 2.35.